The van der Waals surface area contributed by atoms with Crippen molar-refractivity contribution >= 4 is 92.9 Å². The molecule has 12 nitrogen and oxygen atoms in total. The molecular formula is C44H62N8O4S4. The first-order chi connectivity index (χ1) is 28.4. The Hall–Kier alpha value is -3.28. The Balaban J connectivity index is 1.04. The molecule has 60 heavy (non-hydrogen) atoms. The normalized spacial score (nSPS) is 26.8. The highest BCUT2D eigenvalue weighted by atomic mass is 32.2. The van der Waals surface area contributed by atoms with Crippen LogP contribution in [0.5, 0.6) is 0 Å². The highest BCUT2D eigenvalue weighted by molar-refractivity contribution is 8.00. The van der Waals surface area contributed by atoms with Crippen molar-refractivity contribution in [2.45, 2.75) is 127 Å². The van der Waals surface area contributed by atoms with Crippen molar-refractivity contribution in [1.82, 2.24) is 31.1 Å². The van der Waals surface area contributed by atoms with Gasteiger partial charge in [0.2, 0.25) is 23.6 Å². The summed E-state index contributed by atoms with van der Waals surface area (Å²) in [5, 5.41) is 18.9. The fraction of sp³-hybridized carbons (Fsp3) is 0.591. The molecule has 8 atom stereocenters. The third-order valence-electron chi connectivity index (χ3n) is 12.5. The summed E-state index contributed by atoms with van der Waals surface area (Å²) in [6.07, 6.45) is 4.35. The average molecular weight is 895 g/mol. The summed E-state index contributed by atoms with van der Waals surface area (Å²) in [5.74, 6) is 1.10. The van der Waals surface area contributed by atoms with Gasteiger partial charge < -0.3 is 41.7 Å². The van der Waals surface area contributed by atoms with Gasteiger partial charge in [-0.3, -0.25) is 19.2 Å². The van der Waals surface area contributed by atoms with E-state index in [0.29, 0.717) is 34.2 Å². The monoisotopic (exact) mass is 894 g/mol. The number of rotatable bonds is 13. The first-order valence-electron chi connectivity index (χ1n) is 21.1. The molecule has 6 rings (SSSR count). The Morgan fingerprint density at radius 2 is 1.02 bits per heavy atom. The summed E-state index contributed by atoms with van der Waals surface area (Å²) in [6.45, 7) is 12.2. The van der Waals surface area contributed by atoms with Gasteiger partial charge in [0.25, 0.3) is 0 Å². The molecule has 4 aliphatic rings. The maximum atomic E-state index is 14.0. The van der Waals surface area contributed by atoms with Crippen LogP contribution in [-0.2, 0) is 32.0 Å². The van der Waals surface area contributed by atoms with E-state index in [-0.39, 0.29) is 46.5 Å². The van der Waals surface area contributed by atoms with Crippen LogP contribution in [0.2, 0.25) is 0 Å². The van der Waals surface area contributed by atoms with E-state index in [1.165, 1.54) is 0 Å². The Morgan fingerprint density at radius 1 is 0.667 bits per heavy atom. The molecule has 0 aromatic heterocycles. The van der Waals surface area contributed by atoms with Gasteiger partial charge in [0.05, 0.1) is 32.8 Å². The third-order valence-corrected chi connectivity index (χ3v) is 16.0. The number of aryl methyl sites for hydroxylation is 2. The minimum Gasteiger partial charge on any atom is -0.367 e. The van der Waals surface area contributed by atoms with Crippen molar-refractivity contribution in [3.05, 3.63) is 59.7 Å². The average Bonchev–Trinajstić information content (AvgIpc) is 3.53. The van der Waals surface area contributed by atoms with E-state index in [1.807, 2.05) is 76.5 Å². The van der Waals surface area contributed by atoms with E-state index in [0.717, 1.165) is 48.3 Å². The van der Waals surface area contributed by atoms with Crippen LogP contribution in [0.4, 0.5) is 11.4 Å². The molecule has 2 aromatic rings. The number of thioether (sulfide) groups is 2. The second-order valence-electron chi connectivity index (χ2n) is 17.9. The molecule has 0 radical (unpaired) electrons. The lowest BCUT2D eigenvalue weighted by molar-refractivity contribution is -0.140. The summed E-state index contributed by atoms with van der Waals surface area (Å²) < 4.78 is 0. The number of nitrogens with one attached hydrogen (secondary N) is 6. The zero-order chi connectivity index (χ0) is 43.5. The number of nitrogens with zero attached hydrogens (tertiary/aromatic N) is 2. The molecule has 6 N–H and O–H groups in total. The van der Waals surface area contributed by atoms with Gasteiger partial charge in [0.1, 0.15) is 24.2 Å². The van der Waals surface area contributed by atoms with E-state index in [1.54, 1.807) is 33.3 Å². The van der Waals surface area contributed by atoms with Crippen LogP contribution in [0.25, 0.3) is 0 Å². The summed E-state index contributed by atoms with van der Waals surface area (Å²) in [5.41, 5.74) is 2.81. The van der Waals surface area contributed by atoms with E-state index < -0.39 is 35.0 Å². The molecule has 0 saturated carbocycles. The zero-order valence-electron chi connectivity index (χ0n) is 36.1. The van der Waals surface area contributed by atoms with Gasteiger partial charge in [-0.05, 0) is 124 Å². The Morgan fingerprint density at radius 3 is 1.35 bits per heavy atom. The molecule has 326 valence electrons. The van der Waals surface area contributed by atoms with E-state index in [9.17, 15) is 19.2 Å². The van der Waals surface area contributed by atoms with Crippen molar-refractivity contribution < 1.29 is 19.2 Å². The van der Waals surface area contributed by atoms with Gasteiger partial charge >= 0.3 is 0 Å². The molecule has 0 aliphatic carbocycles. The van der Waals surface area contributed by atoms with Crippen LogP contribution in [0, 0.1) is 10.8 Å². The van der Waals surface area contributed by atoms with E-state index >= 15 is 0 Å². The summed E-state index contributed by atoms with van der Waals surface area (Å²) in [7, 11) is 3.67. The summed E-state index contributed by atoms with van der Waals surface area (Å²) in [4.78, 5) is 60.7. The van der Waals surface area contributed by atoms with Gasteiger partial charge in [-0.25, -0.2) is 0 Å². The molecule has 4 aliphatic heterocycles. The van der Waals surface area contributed by atoms with Crippen molar-refractivity contribution in [2.75, 3.05) is 36.2 Å². The minimum absolute atomic E-state index is 0.0656. The third kappa shape index (κ3) is 10.3. The van der Waals surface area contributed by atoms with E-state index in [2.05, 4.69) is 59.6 Å². The predicted molar refractivity (Wildman–Crippen MR) is 253 cm³/mol. The lowest BCUT2D eigenvalue weighted by Gasteiger charge is -2.34. The van der Waals surface area contributed by atoms with Crippen molar-refractivity contribution in [2.24, 2.45) is 10.8 Å². The molecule has 2 aromatic carbocycles. The standard InChI is InChI=1S/C44H62N8O4S4/c1-25(45-7)39(57)49-31-19-21-59-33-23-43(3,4)35(51(33)41(31)55)37(53)47-29-15-11-27(12-16-29)9-10-28-13-17-30(18-14-28)48-38(54)36-44(5,6)24-34-52(36)42(56)32(20-22-60-34)50-40(58)26(2)46-8/h11-18,25-26,31-36,45-46H,9-10,19-24H2,1-8H3,(H,47,53)(H,48,54)(H,49,57)(H,50,58)/t25-,26-,31-,32-,33-,34-,35+,36+/m0/s1. The summed E-state index contributed by atoms with van der Waals surface area (Å²) >= 11 is 14.6. The fourth-order valence-electron chi connectivity index (χ4n) is 8.78. The number of carbonyl (C=O) groups is 4. The maximum absolute atomic E-state index is 14.0. The number of fused-ring (bicyclic) bond motifs is 2. The largest absolute Gasteiger partial charge is 0.367 e. The molecule has 0 bridgehead atoms. The smallest absolute Gasteiger partial charge is 0.247 e. The number of anilines is 2. The number of amides is 4. The second kappa shape index (κ2) is 19.4. The first-order valence-corrected chi connectivity index (χ1v) is 24.0. The highest BCUT2D eigenvalue weighted by Gasteiger charge is 2.55. The Kier molecular flexibility index (Phi) is 15.0. The van der Waals surface area contributed by atoms with Gasteiger partial charge in [-0.1, -0.05) is 76.4 Å². The van der Waals surface area contributed by atoms with Gasteiger partial charge in [-0.2, -0.15) is 0 Å². The lowest BCUT2D eigenvalue weighted by Crippen LogP contribution is -2.56. The second-order valence-corrected chi connectivity index (χ2v) is 21.4. The SMILES string of the molecule is CN[C@@H](C)C(=S)N[C@H]1CCS[C@H]2CC(C)(C)[C@@H](C(=O)Nc3ccc(CCc4ccc(NC(=O)[C@H]5N6C(=O)[C@@H](NC(=S)[C@H](C)NC)CCS[C@H]6CC5(C)C)cc4)cc3)N2C1=O. The molecule has 4 heterocycles. The quantitative estimate of drug-likeness (QED) is 0.145. The molecule has 4 amide bonds. The highest BCUT2D eigenvalue weighted by Crippen LogP contribution is 2.48. The Labute approximate surface area is 375 Å². The number of benzene rings is 2. The zero-order valence-corrected chi connectivity index (χ0v) is 39.3. The molecule has 4 saturated heterocycles. The molecule has 0 spiro atoms. The molecule has 0 unspecified atom stereocenters. The van der Waals surface area contributed by atoms with Gasteiger partial charge in [0.15, 0.2) is 0 Å². The van der Waals surface area contributed by atoms with Crippen molar-refractivity contribution in [3.8, 4) is 0 Å². The number of thiocarbonyl (C=S) groups is 2. The first kappa shape index (κ1) is 46.2. The minimum atomic E-state index is -0.614. The van der Waals surface area contributed by atoms with Crippen LogP contribution in [0.15, 0.2) is 48.5 Å². The lowest BCUT2D eigenvalue weighted by atomic mass is 9.84. The van der Waals surface area contributed by atoms with Crippen LogP contribution >= 0.6 is 48.0 Å². The number of likely N-dealkylation sites (N-methyl/N-ethyl adjacent to an activating group) is 2. The van der Waals surface area contributed by atoms with Gasteiger partial charge in [-0.15, -0.1) is 23.5 Å². The fourth-order valence-corrected chi connectivity index (χ4v) is 12.5. The molecule has 4 fully saturated rings. The number of carbonyl (C=O) groups excluding carboxylic acids is 4. The van der Waals surface area contributed by atoms with Gasteiger partial charge in [0, 0.05) is 11.4 Å². The van der Waals surface area contributed by atoms with Crippen LogP contribution in [0.1, 0.15) is 78.4 Å². The molecular weight excluding hydrogens is 833 g/mol. The van der Waals surface area contributed by atoms with Crippen molar-refractivity contribution in [1.29, 1.82) is 0 Å². The topological polar surface area (TPSA) is 147 Å². The number of hydrogen-bond donors (Lipinski definition) is 6. The maximum Gasteiger partial charge on any atom is 0.247 e. The van der Waals surface area contributed by atoms with Crippen LogP contribution in [-0.4, -0.2) is 116 Å². The van der Waals surface area contributed by atoms with Crippen molar-refractivity contribution in [3.63, 3.8) is 0 Å². The molecule has 16 heteroatoms. The van der Waals surface area contributed by atoms with Crippen LogP contribution < -0.4 is 31.9 Å². The van der Waals surface area contributed by atoms with Crippen LogP contribution in [0.3, 0.4) is 0 Å². The van der Waals surface area contributed by atoms with E-state index in [4.69, 9.17) is 24.4 Å². The predicted octanol–water partition coefficient (Wildman–Crippen LogP) is 5.32. The summed E-state index contributed by atoms with van der Waals surface area (Å²) in [6, 6.07) is 13.5. The number of hydrogen-bond acceptors (Lipinski definition) is 10. The Bertz CT molecular complexity index is 1790.